The molecule has 0 aliphatic heterocycles. The molecule has 0 radical (unpaired) electrons. The van der Waals surface area contributed by atoms with Crippen molar-refractivity contribution in [2.24, 2.45) is 0 Å². The first-order chi connectivity index (χ1) is 8.22. The van der Waals surface area contributed by atoms with Crippen LogP contribution >= 0.6 is 0 Å². The van der Waals surface area contributed by atoms with Gasteiger partial charge in [-0.25, -0.2) is 14.4 Å². The normalized spacial score (nSPS) is 7.17. The van der Waals surface area contributed by atoms with E-state index in [-0.39, 0.29) is 5.76 Å². The fraction of sp³-hybridized carbons (Fsp3) is 0.182. The van der Waals surface area contributed by atoms with E-state index in [4.69, 9.17) is 15.3 Å². The molecule has 0 unspecified atom stereocenters. The summed E-state index contributed by atoms with van der Waals surface area (Å²) >= 11 is 0. The second kappa shape index (κ2) is 14.4. The van der Waals surface area contributed by atoms with E-state index in [9.17, 15) is 14.4 Å². The minimum Gasteiger partial charge on any atom is -0.487 e. The van der Waals surface area contributed by atoms with Crippen LogP contribution < -0.4 is 0 Å². The molecule has 0 heterocycles. The highest BCUT2D eigenvalue weighted by molar-refractivity contribution is 5.83. The van der Waals surface area contributed by atoms with Crippen LogP contribution in [0.1, 0.15) is 6.92 Å². The highest BCUT2D eigenvalue weighted by Crippen LogP contribution is 1.90. The maximum absolute atomic E-state index is 9.86. The standard InChI is InChI=1S/C5H8O3.2C3H4O2/c1-3-8-4(2)5(6)7;2*1-2-3(4)5/h2-3H2,1H3,(H,6,7);2*2H,1H2,(H,4,5). The van der Waals surface area contributed by atoms with Crippen LogP contribution in [0.2, 0.25) is 0 Å². The summed E-state index contributed by atoms with van der Waals surface area (Å²) in [6, 6.07) is 0. The predicted octanol–water partition coefficient (Wildman–Crippen LogP) is 1.14. The number of carboxylic acid groups (broad SMARTS) is 3. The van der Waals surface area contributed by atoms with Gasteiger partial charge in [0.1, 0.15) is 0 Å². The second-order valence-electron chi connectivity index (χ2n) is 2.25. The fourth-order valence-electron chi connectivity index (χ4n) is 0.236. The molecule has 0 aromatic heterocycles. The summed E-state index contributed by atoms with van der Waals surface area (Å²) in [4.78, 5) is 28.4. The average Bonchev–Trinajstić information content (AvgIpc) is 2.30. The molecule has 0 aromatic rings. The molecule has 0 aliphatic rings. The Kier molecular flexibility index (Phi) is 16.7. The predicted molar refractivity (Wildman–Crippen MR) is 64.1 cm³/mol. The number of rotatable bonds is 5. The monoisotopic (exact) mass is 260 g/mol. The molecular weight excluding hydrogens is 244 g/mol. The van der Waals surface area contributed by atoms with Gasteiger partial charge in [0.2, 0.25) is 0 Å². The lowest BCUT2D eigenvalue weighted by atomic mass is 10.6. The maximum Gasteiger partial charge on any atom is 0.370 e. The molecule has 7 nitrogen and oxygen atoms in total. The fourth-order valence-corrected chi connectivity index (χ4v) is 0.236. The lowest BCUT2D eigenvalue weighted by molar-refractivity contribution is -0.136. The number of ether oxygens (including phenoxy) is 1. The third kappa shape index (κ3) is 29.2. The highest BCUT2D eigenvalue weighted by atomic mass is 16.5. The first-order valence-electron chi connectivity index (χ1n) is 4.48. The number of aliphatic carboxylic acids is 3. The summed E-state index contributed by atoms with van der Waals surface area (Å²) in [7, 11) is 0. The van der Waals surface area contributed by atoms with Gasteiger partial charge in [0, 0.05) is 12.2 Å². The van der Waals surface area contributed by atoms with E-state index in [1.807, 2.05) is 0 Å². The molecule has 0 saturated heterocycles. The van der Waals surface area contributed by atoms with Crippen LogP contribution in [-0.4, -0.2) is 39.8 Å². The van der Waals surface area contributed by atoms with Crippen LogP contribution in [0.5, 0.6) is 0 Å². The Morgan fingerprint density at radius 2 is 1.33 bits per heavy atom. The van der Waals surface area contributed by atoms with Gasteiger partial charge in [-0.05, 0) is 13.5 Å². The van der Waals surface area contributed by atoms with E-state index in [0.717, 1.165) is 12.2 Å². The average molecular weight is 260 g/mol. The Labute approximate surface area is 104 Å². The van der Waals surface area contributed by atoms with Crippen molar-refractivity contribution in [1.82, 2.24) is 0 Å². The molecule has 0 aromatic carbocycles. The van der Waals surface area contributed by atoms with E-state index in [0.29, 0.717) is 6.61 Å². The molecule has 0 atom stereocenters. The molecule has 0 spiro atoms. The molecule has 102 valence electrons. The van der Waals surface area contributed by atoms with Crippen LogP contribution in [-0.2, 0) is 19.1 Å². The van der Waals surface area contributed by atoms with Crippen molar-refractivity contribution in [1.29, 1.82) is 0 Å². The molecule has 0 fully saturated rings. The molecule has 0 saturated carbocycles. The first kappa shape index (κ1) is 20.8. The summed E-state index contributed by atoms with van der Waals surface area (Å²) < 4.78 is 4.51. The van der Waals surface area contributed by atoms with Gasteiger partial charge in [0.05, 0.1) is 6.61 Å². The number of hydrogen-bond donors (Lipinski definition) is 3. The first-order valence-corrected chi connectivity index (χ1v) is 4.48. The zero-order valence-corrected chi connectivity index (χ0v) is 9.96. The summed E-state index contributed by atoms with van der Waals surface area (Å²) in [5, 5.41) is 23.3. The van der Waals surface area contributed by atoms with E-state index in [1.54, 1.807) is 6.92 Å². The van der Waals surface area contributed by atoms with Crippen molar-refractivity contribution in [3.05, 3.63) is 37.6 Å². The molecule has 3 N–H and O–H groups in total. The zero-order chi connectivity index (χ0) is 15.1. The van der Waals surface area contributed by atoms with E-state index < -0.39 is 17.9 Å². The largest absolute Gasteiger partial charge is 0.487 e. The molecule has 0 bridgehead atoms. The number of hydrogen-bond acceptors (Lipinski definition) is 4. The van der Waals surface area contributed by atoms with Crippen LogP contribution in [0.3, 0.4) is 0 Å². The molecule has 7 heteroatoms. The van der Waals surface area contributed by atoms with Crippen molar-refractivity contribution in [3.63, 3.8) is 0 Å². The van der Waals surface area contributed by atoms with E-state index in [2.05, 4.69) is 24.5 Å². The van der Waals surface area contributed by atoms with Crippen LogP contribution in [0.4, 0.5) is 0 Å². The van der Waals surface area contributed by atoms with Crippen LogP contribution in [0.25, 0.3) is 0 Å². The van der Waals surface area contributed by atoms with Gasteiger partial charge < -0.3 is 20.1 Å². The Bertz CT molecular complexity index is 299. The number of carboxylic acids is 3. The topological polar surface area (TPSA) is 121 Å². The molecular formula is C11H16O7. The Balaban J connectivity index is -0.000000197. The summed E-state index contributed by atoms with van der Waals surface area (Å²) in [5.41, 5.74) is 0. The molecule has 0 amide bonds. The smallest absolute Gasteiger partial charge is 0.370 e. The summed E-state index contributed by atoms with van der Waals surface area (Å²) in [6.07, 6.45) is 1.67. The third-order valence-corrected chi connectivity index (χ3v) is 0.906. The van der Waals surface area contributed by atoms with Gasteiger partial charge in [-0.2, -0.15) is 0 Å². The molecule has 0 rings (SSSR count). The minimum absolute atomic E-state index is 0.201. The Morgan fingerprint density at radius 3 is 1.39 bits per heavy atom. The van der Waals surface area contributed by atoms with Crippen LogP contribution in [0, 0.1) is 0 Å². The second-order valence-corrected chi connectivity index (χ2v) is 2.25. The van der Waals surface area contributed by atoms with Crippen molar-refractivity contribution < 1.29 is 34.4 Å². The van der Waals surface area contributed by atoms with Gasteiger partial charge in [0.15, 0.2) is 5.76 Å². The molecule has 18 heavy (non-hydrogen) atoms. The van der Waals surface area contributed by atoms with E-state index >= 15 is 0 Å². The lowest BCUT2D eigenvalue weighted by Crippen LogP contribution is -2.02. The van der Waals surface area contributed by atoms with Gasteiger partial charge in [-0.3, -0.25) is 0 Å². The highest BCUT2D eigenvalue weighted by Gasteiger charge is 2.00. The minimum atomic E-state index is -1.10. The van der Waals surface area contributed by atoms with Crippen molar-refractivity contribution >= 4 is 17.9 Å². The number of carbonyl (C=O) groups is 3. The Hall–Kier alpha value is -2.57. The zero-order valence-electron chi connectivity index (χ0n) is 9.96. The van der Waals surface area contributed by atoms with Crippen molar-refractivity contribution in [2.75, 3.05) is 6.61 Å². The van der Waals surface area contributed by atoms with Gasteiger partial charge in [0.25, 0.3) is 0 Å². The van der Waals surface area contributed by atoms with E-state index in [1.165, 1.54) is 0 Å². The van der Waals surface area contributed by atoms with Crippen LogP contribution in [0.15, 0.2) is 37.6 Å². The lowest BCUT2D eigenvalue weighted by Gasteiger charge is -1.97. The quantitative estimate of drug-likeness (QED) is 0.500. The SMILES string of the molecule is C=C(OCC)C(=O)O.C=CC(=O)O.C=CC(=O)O. The third-order valence-electron chi connectivity index (χ3n) is 0.906. The summed E-state index contributed by atoms with van der Waals surface area (Å²) in [5.74, 6) is -3.27. The van der Waals surface area contributed by atoms with Gasteiger partial charge >= 0.3 is 17.9 Å². The van der Waals surface area contributed by atoms with Crippen molar-refractivity contribution in [3.8, 4) is 0 Å². The van der Waals surface area contributed by atoms with Crippen molar-refractivity contribution in [2.45, 2.75) is 6.92 Å². The summed E-state index contributed by atoms with van der Waals surface area (Å²) in [6.45, 7) is 11.1. The van der Waals surface area contributed by atoms with Gasteiger partial charge in [-0.15, -0.1) is 0 Å². The molecule has 0 aliphatic carbocycles. The maximum atomic E-state index is 9.86. The Morgan fingerprint density at radius 1 is 1.06 bits per heavy atom. The van der Waals surface area contributed by atoms with Gasteiger partial charge in [-0.1, -0.05) is 13.2 Å².